The molecule has 5 heteroatoms. The van der Waals surface area contributed by atoms with Gasteiger partial charge in [-0.1, -0.05) is 57.2 Å². The minimum atomic E-state index is -0.548. The third-order valence-electron chi connectivity index (χ3n) is 5.58. The van der Waals surface area contributed by atoms with Crippen LogP contribution in [0.15, 0.2) is 42.5 Å². The molecule has 0 unspecified atom stereocenters. The van der Waals surface area contributed by atoms with Crippen LogP contribution in [0.5, 0.6) is 5.75 Å². The Morgan fingerprint density at radius 1 is 1.00 bits per heavy atom. The van der Waals surface area contributed by atoms with E-state index in [-0.39, 0.29) is 18.4 Å². The molecule has 31 heavy (non-hydrogen) atoms. The predicted molar refractivity (Wildman–Crippen MR) is 125 cm³/mol. The zero-order valence-electron chi connectivity index (χ0n) is 19.7. The lowest BCUT2D eigenvalue weighted by atomic mass is 10.1. The number of ether oxygens (including phenoxy) is 1. The minimum Gasteiger partial charge on any atom is -0.483 e. The molecule has 0 spiro atoms. The number of hydrogen-bond acceptors (Lipinski definition) is 3. The van der Waals surface area contributed by atoms with E-state index >= 15 is 0 Å². The molecule has 0 aliphatic carbocycles. The first-order chi connectivity index (χ1) is 14.7. The quantitative estimate of drug-likeness (QED) is 0.608. The number of carbonyl (C=O) groups excluding carboxylic acids is 2. The summed E-state index contributed by atoms with van der Waals surface area (Å²) in [6.45, 7) is 12.9. The summed E-state index contributed by atoms with van der Waals surface area (Å²) >= 11 is 0. The van der Waals surface area contributed by atoms with Crippen LogP contribution in [0.1, 0.15) is 49.4 Å². The Morgan fingerprint density at radius 3 is 2.32 bits per heavy atom. The fraction of sp³-hybridized carbons (Fsp3) is 0.462. The van der Waals surface area contributed by atoms with Gasteiger partial charge in [-0.3, -0.25) is 9.59 Å². The molecule has 0 fully saturated rings. The standard InChI is InChI=1S/C26H36N2O3/c1-7-23(26(30)27-15-18(2)3)28(16-22-13-9-8-11-20(22)5)25(29)17-31-24-14-10-12-19(4)21(24)6/h8-14,18,23H,7,15-17H2,1-6H3,(H,27,30)/t23-/m1/s1. The number of carbonyl (C=O) groups is 2. The van der Waals surface area contributed by atoms with Gasteiger partial charge in [-0.05, 0) is 61.4 Å². The van der Waals surface area contributed by atoms with Crippen molar-refractivity contribution in [2.24, 2.45) is 5.92 Å². The van der Waals surface area contributed by atoms with Crippen molar-refractivity contribution in [1.82, 2.24) is 10.2 Å². The number of aryl methyl sites for hydroxylation is 2. The highest BCUT2D eigenvalue weighted by Gasteiger charge is 2.29. The van der Waals surface area contributed by atoms with Crippen molar-refractivity contribution in [2.45, 2.75) is 60.5 Å². The number of nitrogens with one attached hydrogen (secondary N) is 1. The molecule has 0 aliphatic rings. The van der Waals surface area contributed by atoms with Crippen LogP contribution in [0.4, 0.5) is 0 Å². The van der Waals surface area contributed by atoms with Gasteiger partial charge in [0.05, 0.1) is 0 Å². The number of nitrogens with zero attached hydrogens (tertiary/aromatic N) is 1. The Bertz CT molecular complexity index is 892. The predicted octanol–water partition coefficient (Wildman–Crippen LogP) is 4.57. The Kier molecular flexibility index (Phi) is 9.10. The second kappa shape index (κ2) is 11.5. The van der Waals surface area contributed by atoms with E-state index in [1.54, 1.807) is 4.90 Å². The summed E-state index contributed by atoms with van der Waals surface area (Å²) in [5.41, 5.74) is 4.24. The summed E-state index contributed by atoms with van der Waals surface area (Å²) in [5.74, 6) is 0.719. The third-order valence-corrected chi connectivity index (χ3v) is 5.58. The van der Waals surface area contributed by atoms with Crippen molar-refractivity contribution in [1.29, 1.82) is 0 Å². The smallest absolute Gasteiger partial charge is 0.261 e. The second-order valence-corrected chi connectivity index (χ2v) is 8.50. The lowest BCUT2D eigenvalue weighted by molar-refractivity contribution is -0.143. The van der Waals surface area contributed by atoms with Crippen LogP contribution in [0.25, 0.3) is 0 Å². The molecule has 0 radical (unpaired) electrons. The Labute approximate surface area is 186 Å². The maximum atomic E-state index is 13.3. The summed E-state index contributed by atoms with van der Waals surface area (Å²) in [4.78, 5) is 27.9. The van der Waals surface area contributed by atoms with Crippen molar-refractivity contribution in [3.63, 3.8) is 0 Å². The molecule has 0 heterocycles. The SMILES string of the molecule is CC[C@H](C(=O)NCC(C)C)N(Cc1ccccc1C)C(=O)COc1cccc(C)c1C. The fourth-order valence-electron chi connectivity index (χ4n) is 3.42. The monoisotopic (exact) mass is 424 g/mol. The van der Waals surface area contributed by atoms with Crippen molar-refractivity contribution in [3.8, 4) is 5.75 Å². The van der Waals surface area contributed by atoms with Gasteiger partial charge in [0.15, 0.2) is 6.61 Å². The van der Waals surface area contributed by atoms with E-state index < -0.39 is 6.04 Å². The number of hydrogen-bond donors (Lipinski definition) is 1. The average Bonchev–Trinajstić information content (AvgIpc) is 2.74. The maximum absolute atomic E-state index is 13.3. The third kappa shape index (κ3) is 6.84. The van der Waals surface area contributed by atoms with Crippen LogP contribution < -0.4 is 10.1 Å². The molecule has 1 N–H and O–H groups in total. The molecule has 5 nitrogen and oxygen atoms in total. The van der Waals surface area contributed by atoms with Crippen LogP contribution in [0, 0.1) is 26.7 Å². The molecule has 2 amide bonds. The maximum Gasteiger partial charge on any atom is 0.261 e. The van der Waals surface area contributed by atoms with Crippen LogP contribution in [-0.2, 0) is 16.1 Å². The van der Waals surface area contributed by atoms with Gasteiger partial charge in [-0.15, -0.1) is 0 Å². The van der Waals surface area contributed by atoms with Crippen molar-refractivity contribution < 1.29 is 14.3 Å². The zero-order chi connectivity index (χ0) is 23.0. The van der Waals surface area contributed by atoms with E-state index in [4.69, 9.17) is 4.74 Å². The largest absolute Gasteiger partial charge is 0.483 e. The Balaban J connectivity index is 2.24. The lowest BCUT2D eigenvalue weighted by Crippen LogP contribution is -2.50. The van der Waals surface area contributed by atoms with E-state index in [0.717, 1.165) is 22.3 Å². The first-order valence-electron chi connectivity index (χ1n) is 11.0. The zero-order valence-corrected chi connectivity index (χ0v) is 19.7. The first-order valence-corrected chi connectivity index (χ1v) is 11.0. The first kappa shape index (κ1) is 24.4. The summed E-state index contributed by atoms with van der Waals surface area (Å²) < 4.78 is 5.88. The van der Waals surface area contributed by atoms with Crippen molar-refractivity contribution in [2.75, 3.05) is 13.2 Å². The van der Waals surface area contributed by atoms with E-state index in [1.165, 1.54) is 0 Å². The van der Waals surface area contributed by atoms with Gasteiger partial charge in [0, 0.05) is 13.1 Å². The molecule has 0 aromatic heterocycles. The van der Waals surface area contributed by atoms with Gasteiger partial charge in [0.25, 0.3) is 5.91 Å². The van der Waals surface area contributed by atoms with Crippen LogP contribution in [0.3, 0.4) is 0 Å². The molecular formula is C26H36N2O3. The molecular weight excluding hydrogens is 388 g/mol. The van der Waals surface area contributed by atoms with Gasteiger partial charge in [0.1, 0.15) is 11.8 Å². The van der Waals surface area contributed by atoms with Gasteiger partial charge < -0.3 is 15.0 Å². The van der Waals surface area contributed by atoms with Crippen LogP contribution >= 0.6 is 0 Å². The molecule has 0 saturated carbocycles. The Hall–Kier alpha value is -2.82. The minimum absolute atomic E-state index is 0.107. The number of benzene rings is 2. The molecule has 0 saturated heterocycles. The summed E-state index contributed by atoms with van der Waals surface area (Å²) in [6, 6.07) is 13.2. The highest BCUT2D eigenvalue weighted by Crippen LogP contribution is 2.21. The van der Waals surface area contributed by atoms with Gasteiger partial charge in [0.2, 0.25) is 5.91 Å². The average molecular weight is 425 g/mol. The van der Waals surface area contributed by atoms with E-state index in [0.29, 0.717) is 31.2 Å². The number of amides is 2. The summed E-state index contributed by atoms with van der Waals surface area (Å²) in [7, 11) is 0. The van der Waals surface area contributed by atoms with E-state index in [9.17, 15) is 9.59 Å². The van der Waals surface area contributed by atoms with Crippen molar-refractivity contribution >= 4 is 11.8 Å². The van der Waals surface area contributed by atoms with Gasteiger partial charge in [-0.2, -0.15) is 0 Å². The lowest BCUT2D eigenvalue weighted by Gasteiger charge is -2.31. The highest BCUT2D eigenvalue weighted by atomic mass is 16.5. The molecule has 0 bridgehead atoms. The molecule has 168 valence electrons. The second-order valence-electron chi connectivity index (χ2n) is 8.50. The van der Waals surface area contributed by atoms with E-state index in [1.807, 2.05) is 70.2 Å². The molecule has 1 atom stereocenters. The van der Waals surface area contributed by atoms with Gasteiger partial charge in [-0.25, -0.2) is 0 Å². The summed E-state index contributed by atoms with van der Waals surface area (Å²) in [5, 5.41) is 2.99. The normalized spacial score (nSPS) is 11.8. The van der Waals surface area contributed by atoms with E-state index in [2.05, 4.69) is 19.2 Å². The van der Waals surface area contributed by atoms with Crippen LogP contribution in [-0.4, -0.2) is 35.9 Å². The molecule has 2 aromatic carbocycles. The summed E-state index contributed by atoms with van der Waals surface area (Å²) in [6.07, 6.45) is 0.533. The topological polar surface area (TPSA) is 58.6 Å². The molecule has 2 aromatic rings. The Morgan fingerprint density at radius 2 is 1.68 bits per heavy atom. The number of rotatable bonds is 10. The fourth-order valence-corrected chi connectivity index (χ4v) is 3.42. The highest BCUT2D eigenvalue weighted by molar-refractivity contribution is 5.88. The molecule has 2 rings (SSSR count). The van der Waals surface area contributed by atoms with Gasteiger partial charge >= 0.3 is 0 Å². The molecule has 0 aliphatic heterocycles. The van der Waals surface area contributed by atoms with Crippen LogP contribution in [0.2, 0.25) is 0 Å². The van der Waals surface area contributed by atoms with Crippen molar-refractivity contribution in [3.05, 3.63) is 64.7 Å².